The second-order valence-corrected chi connectivity index (χ2v) is 7.18. The fraction of sp³-hybridized carbons (Fsp3) is 0.636. The van der Waals surface area contributed by atoms with Crippen LogP contribution in [0.3, 0.4) is 0 Å². The van der Waals surface area contributed by atoms with Crippen LogP contribution in [0.4, 0.5) is 0 Å². The molecule has 4 heteroatoms. The van der Waals surface area contributed by atoms with Gasteiger partial charge in [-0.3, -0.25) is 0 Å². The van der Waals surface area contributed by atoms with Crippen LogP contribution in [0.5, 0.6) is 0 Å². The number of unbranched alkanes of at least 4 members (excludes halogenated alkanes) is 2. The molecule has 0 amide bonds. The molecule has 0 aromatic rings. The van der Waals surface area contributed by atoms with E-state index in [2.05, 4.69) is 32.6 Å². The molecular formula is C22H34N2O2. The molecule has 1 aliphatic rings. The van der Waals surface area contributed by atoms with Crippen molar-refractivity contribution in [3.63, 3.8) is 0 Å². The largest absolute Gasteiger partial charge is 0.477 e. The highest BCUT2D eigenvalue weighted by Crippen LogP contribution is 2.36. The maximum atomic E-state index is 11.6. The molecule has 0 radical (unpaired) electrons. The number of nitrogens with zero attached hydrogens (tertiary/aromatic N) is 2. The van der Waals surface area contributed by atoms with Gasteiger partial charge in [-0.05, 0) is 44.3 Å². The third-order valence-electron chi connectivity index (χ3n) is 5.31. The summed E-state index contributed by atoms with van der Waals surface area (Å²) in [5.41, 5.74) is 3.63. The van der Waals surface area contributed by atoms with E-state index in [-0.39, 0.29) is 5.57 Å². The summed E-state index contributed by atoms with van der Waals surface area (Å²) < 4.78 is 0. The van der Waals surface area contributed by atoms with Crippen molar-refractivity contribution in [1.82, 2.24) is 4.90 Å². The van der Waals surface area contributed by atoms with E-state index in [1.807, 2.05) is 19.1 Å². The van der Waals surface area contributed by atoms with Crippen molar-refractivity contribution < 1.29 is 9.90 Å². The number of nitriles is 1. The average molecular weight is 359 g/mol. The molecule has 0 saturated heterocycles. The average Bonchev–Trinajstić information content (AvgIpc) is 2.61. The summed E-state index contributed by atoms with van der Waals surface area (Å²) in [5, 5.41) is 18.9. The molecule has 26 heavy (non-hydrogen) atoms. The molecular weight excluding hydrogens is 324 g/mol. The Labute approximate surface area is 158 Å². The number of rotatable bonds is 10. The summed E-state index contributed by atoms with van der Waals surface area (Å²) in [6.07, 6.45) is 9.49. The van der Waals surface area contributed by atoms with Crippen LogP contribution in [0.1, 0.15) is 79.6 Å². The van der Waals surface area contributed by atoms with E-state index in [0.717, 1.165) is 62.0 Å². The lowest BCUT2D eigenvalue weighted by Crippen LogP contribution is -2.27. The third-order valence-corrected chi connectivity index (χ3v) is 5.31. The predicted octanol–water partition coefficient (Wildman–Crippen LogP) is 5.79. The second-order valence-electron chi connectivity index (χ2n) is 7.18. The molecule has 0 aliphatic carbocycles. The van der Waals surface area contributed by atoms with Crippen LogP contribution in [0.2, 0.25) is 0 Å². The van der Waals surface area contributed by atoms with E-state index in [9.17, 15) is 15.2 Å². The summed E-state index contributed by atoms with van der Waals surface area (Å²) in [6, 6.07) is 1.92. The summed E-state index contributed by atoms with van der Waals surface area (Å²) in [4.78, 5) is 13.9. The molecule has 1 N–H and O–H groups in total. The van der Waals surface area contributed by atoms with E-state index in [0.29, 0.717) is 11.5 Å². The molecule has 1 atom stereocenters. The highest BCUT2D eigenvalue weighted by atomic mass is 16.4. The zero-order valence-electron chi connectivity index (χ0n) is 17.1. The van der Waals surface area contributed by atoms with Gasteiger partial charge >= 0.3 is 5.97 Å². The van der Waals surface area contributed by atoms with Gasteiger partial charge in [-0.15, -0.1) is 0 Å². The maximum absolute atomic E-state index is 11.6. The maximum Gasteiger partial charge on any atom is 0.347 e. The van der Waals surface area contributed by atoms with Crippen LogP contribution in [0.25, 0.3) is 0 Å². The van der Waals surface area contributed by atoms with Crippen molar-refractivity contribution in [3.05, 3.63) is 34.2 Å². The lowest BCUT2D eigenvalue weighted by Gasteiger charge is -2.34. The molecule has 4 nitrogen and oxygen atoms in total. The van der Waals surface area contributed by atoms with E-state index < -0.39 is 5.97 Å². The Kier molecular flexibility index (Phi) is 9.19. The smallest absolute Gasteiger partial charge is 0.347 e. The third kappa shape index (κ3) is 5.49. The van der Waals surface area contributed by atoms with Gasteiger partial charge < -0.3 is 10.0 Å². The second kappa shape index (κ2) is 10.9. The minimum atomic E-state index is -1.14. The van der Waals surface area contributed by atoms with E-state index in [1.165, 1.54) is 6.42 Å². The van der Waals surface area contributed by atoms with Crippen molar-refractivity contribution in [1.29, 1.82) is 5.26 Å². The van der Waals surface area contributed by atoms with E-state index in [1.54, 1.807) is 0 Å². The number of allylic oxidation sites excluding steroid dienone is 5. The zero-order chi connectivity index (χ0) is 19.7. The molecule has 0 aromatic heterocycles. The van der Waals surface area contributed by atoms with E-state index in [4.69, 9.17) is 0 Å². The normalized spacial score (nSPS) is 17.7. The highest BCUT2D eigenvalue weighted by Gasteiger charge is 2.26. The zero-order valence-corrected chi connectivity index (χ0v) is 17.1. The molecule has 1 unspecified atom stereocenters. The van der Waals surface area contributed by atoms with Gasteiger partial charge in [0, 0.05) is 23.5 Å². The fourth-order valence-electron chi connectivity index (χ4n) is 3.59. The Bertz CT molecular complexity index is 635. The van der Waals surface area contributed by atoms with Crippen LogP contribution < -0.4 is 0 Å². The van der Waals surface area contributed by atoms with Crippen LogP contribution in [-0.2, 0) is 4.79 Å². The topological polar surface area (TPSA) is 64.3 Å². The number of carboxylic acids is 1. The quantitative estimate of drug-likeness (QED) is 0.396. The molecule has 0 bridgehead atoms. The van der Waals surface area contributed by atoms with Gasteiger partial charge in [0.2, 0.25) is 0 Å². The predicted molar refractivity (Wildman–Crippen MR) is 106 cm³/mol. The van der Waals surface area contributed by atoms with Gasteiger partial charge in [-0.1, -0.05) is 52.9 Å². The fourth-order valence-corrected chi connectivity index (χ4v) is 3.59. The molecule has 0 aromatic carbocycles. The number of carboxylic acid groups (broad SMARTS) is 1. The van der Waals surface area contributed by atoms with Gasteiger partial charge in [-0.25, -0.2) is 4.79 Å². The Hall–Kier alpha value is -2.02. The first-order chi connectivity index (χ1) is 12.4. The Balaban J connectivity index is 3.38. The van der Waals surface area contributed by atoms with Gasteiger partial charge in [0.15, 0.2) is 0 Å². The van der Waals surface area contributed by atoms with Gasteiger partial charge in [0.1, 0.15) is 11.6 Å². The van der Waals surface area contributed by atoms with Crippen LogP contribution in [0.15, 0.2) is 34.2 Å². The molecule has 0 saturated carbocycles. The summed E-state index contributed by atoms with van der Waals surface area (Å²) in [6.45, 7) is 11.6. The van der Waals surface area contributed by atoms with Crippen LogP contribution in [0, 0.1) is 17.2 Å². The van der Waals surface area contributed by atoms with Crippen molar-refractivity contribution >= 4 is 5.97 Å². The first-order valence-corrected chi connectivity index (χ1v) is 9.94. The molecule has 1 heterocycles. The SMILES string of the molecule is CCCCC(CC)CC1=C(C)N(CCCC)C(C)=CC1=C(C#N)C(=O)O. The number of aliphatic carboxylic acids is 1. The minimum absolute atomic E-state index is 0.140. The van der Waals surface area contributed by atoms with Crippen LogP contribution >= 0.6 is 0 Å². The Morgan fingerprint density at radius 1 is 1.23 bits per heavy atom. The Morgan fingerprint density at radius 3 is 2.38 bits per heavy atom. The Morgan fingerprint density at radius 2 is 1.88 bits per heavy atom. The van der Waals surface area contributed by atoms with Crippen molar-refractivity contribution in [2.45, 2.75) is 79.6 Å². The first-order valence-electron chi connectivity index (χ1n) is 9.94. The first kappa shape index (κ1) is 22.0. The molecule has 0 fully saturated rings. The lowest BCUT2D eigenvalue weighted by molar-refractivity contribution is -0.132. The van der Waals surface area contributed by atoms with Crippen molar-refractivity contribution in [2.24, 2.45) is 5.92 Å². The summed E-state index contributed by atoms with van der Waals surface area (Å²) in [7, 11) is 0. The highest BCUT2D eigenvalue weighted by molar-refractivity contribution is 5.94. The molecule has 1 aliphatic heterocycles. The molecule has 1 rings (SSSR count). The number of hydrogen-bond donors (Lipinski definition) is 1. The summed E-state index contributed by atoms with van der Waals surface area (Å²) in [5.74, 6) is -0.621. The van der Waals surface area contributed by atoms with Crippen molar-refractivity contribution in [2.75, 3.05) is 6.54 Å². The number of carbonyl (C=O) groups is 1. The lowest BCUT2D eigenvalue weighted by atomic mass is 9.84. The summed E-state index contributed by atoms with van der Waals surface area (Å²) >= 11 is 0. The van der Waals surface area contributed by atoms with E-state index >= 15 is 0 Å². The molecule has 144 valence electrons. The molecule has 0 spiro atoms. The van der Waals surface area contributed by atoms with Gasteiger partial charge in [0.05, 0.1) is 0 Å². The van der Waals surface area contributed by atoms with Crippen LogP contribution in [-0.4, -0.2) is 22.5 Å². The van der Waals surface area contributed by atoms with Gasteiger partial charge in [0.25, 0.3) is 0 Å². The van der Waals surface area contributed by atoms with Crippen molar-refractivity contribution in [3.8, 4) is 6.07 Å². The van der Waals surface area contributed by atoms with Gasteiger partial charge in [-0.2, -0.15) is 5.26 Å². The number of hydrogen-bond acceptors (Lipinski definition) is 3. The minimum Gasteiger partial charge on any atom is -0.477 e. The standard InChI is InChI=1S/C22H34N2O2/c1-6-9-11-18(8-3)14-19-17(5)24(12-10-7-2)16(4)13-20(19)21(15-23)22(25)26/h13,18H,6-12,14H2,1-5H3,(H,25,26). The monoisotopic (exact) mass is 358 g/mol.